The maximum Gasteiger partial charge on any atom is 0.231 e. The summed E-state index contributed by atoms with van der Waals surface area (Å²) in [5.74, 6) is -0.301. The zero-order chi connectivity index (χ0) is 14.5. The minimum absolute atomic E-state index is 0.289. The molecule has 0 aromatic heterocycles. The molecule has 6 nitrogen and oxygen atoms in total. The van der Waals surface area contributed by atoms with E-state index in [1.807, 2.05) is 30.1 Å². The molecule has 1 saturated heterocycles. The maximum atomic E-state index is 10.9. The Morgan fingerprint density at radius 3 is 2.65 bits per heavy atom. The smallest absolute Gasteiger partial charge is 0.231 e. The van der Waals surface area contributed by atoms with E-state index < -0.39 is 0 Å². The second-order valence-electron chi connectivity index (χ2n) is 5.18. The molecular formula is C14H20N4O2. The first-order valence-electron chi connectivity index (χ1n) is 6.77. The summed E-state index contributed by atoms with van der Waals surface area (Å²) in [5, 5.41) is 3.08. The summed E-state index contributed by atoms with van der Waals surface area (Å²) in [6.45, 7) is 1.98. The molecule has 0 radical (unpaired) electrons. The third-order valence-electron chi connectivity index (χ3n) is 3.81. The fourth-order valence-corrected chi connectivity index (χ4v) is 2.73. The predicted molar refractivity (Wildman–Crippen MR) is 79.0 cm³/mol. The normalized spacial score (nSPS) is 16.4. The summed E-state index contributed by atoms with van der Waals surface area (Å²) < 4.78 is 0. The lowest BCUT2D eigenvalue weighted by atomic mass is 10.0. The molecule has 1 fully saturated rings. The van der Waals surface area contributed by atoms with Gasteiger partial charge in [-0.15, -0.1) is 4.91 Å². The second-order valence-corrected chi connectivity index (χ2v) is 5.18. The summed E-state index contributed by atoms with van der Waals surface area (Å²) in [5.41, 5.74) is 6.59. The highest BCUT2D eigenvalue weighted by Gasteiger charge is 2.24. The molecular weight excluding hydrogens is 256 g/mol. The van der Waals surface area contributed by atoms with E-state index in [-0.39, 0.29) is 12.5 Å². The van der Waals surface area contributed by atoms with Crippen LogP contribution in [0.3, 0.4) is 0 Å². The van der Waals surface area contributed by atoms with E-state index in [2.05, 4.69) is 10.1 Å². The summed E-state index contributed by atoms with van der Waals surface area (Å²) in [4.78, 5) is 25.9. The van der Waals surface area contributed by atoms with Crippen molar-refractivity contribution in [3.8, 4) is 0 Å². The molecule has 1 aliphatic heterocycles. The second kappa shape index (κ2) is 6.47. The van der Waals surface area contributed by atoms with Crippen LogP contribution in [0.25, 0.3) is 0 Å². The van der Waals surface area contributed by atoms with Crippen LogP contribution in [-0.4, -0.2) is 43.5 Å². The summed E-state index contributed by atoms with van der Waals surface area (Å²) in [7, 11) is 1.92. The number of rotatable bonds is 5. The van der Waals surface area contributed by atoms with Gasteiger partial charge in [-0.2, -0.15) is 0 Å². The van der Waals surface area contributed by atoms with Gasteiger partial charge in [-0.3, -0.25) is 9.69 Å². The summed E-state index contributed by atoms with van der Waals surface area (Å²) >= 11 is 0. The first-order chi connectivity index (χ1) is 9.61. The number of hydrogen-bond acceptors (Lipinski definition) is 5. The van der Waals surface area contributed by atoms with Gasteiger partial charge in [0.25, 0.3) is 0 Å². The minimum Gasteiger partial charge on any atom is -0.370 e. The number of piperidine rings is 1. The van der Waals surface area contributed by atoms with E-state index in [4.69, 9.17) is 5.73 Å². The van der Waals surface area contributed by atoms with Crippen molar-refractivity contribution in [2.45, 2.75) is 18.9 Å². The number of hydrogen-bond donors (Lipinski definition) is 1. The largest absolute Gasteiger partial charge is 0.370 e. The molecule has 2 rings (SSSR count). The van der Waals surface area contributed by atoms with Crippen molar-refractivity contribution in [1.29, 1.82) is 0 Å². The molecule has 0 saturated carbocycles. The fourth-order valence-electron chi connectivity index (χ4n) is 2.73. The molecule has 6 heteroatoms. The van der Waals surface area contributed by atoms with Crippen LogP contribution >= 0.6 is 0 Å². The highest BCUT2D eigenvalue weighted by atomic mass is 16.3. The number of nitrogens with two attached hydrogens (primary N) is 1. The van der Waals surface area contributed by atoms with E-state index in [0.29, 0.717) is 11.7 Å². The van der Waals surface area contributed by atoms with Gasteiger partial charge in [-0.25, -0.2) is 0 Å². The lowest BCUT2D eigenvalue weighted by Crippen LogP contribution is -2.45. The third-order valence-corrected chi connectivity index (χ3v) is 3.81. The number of carbonyl (C=O) groups is 1. The molecule has 1 aromatic rings. The van der Waals surface area contributed by atoms with Crippen LogP contribution in [0.15, 0.2) is 29.4 Å². The van der Waals surface area contributed by atoms with Crippen molar-refractivity contribution in [3.63, 3.8) is 0 Å². The van der Waals surface area contributed by atoms with Crippen molar-refractivity contribution in [2.24, 2.45) is 10.9 Å². The summed E-state index contributed by atoms with van der Waals surface area (Å²) in [6.07, 6.45) is 1.88. The van der Waals surface area contributed by atoms with E-state index in [1.165, 1.54) is 0 Å². The van der Waals surface area contributed by atoms with E-state index in [0.717, 1.165) is 31.6 Å². The van der Waals surface area contributed by atoms with Gasteiger partial charge in [-0.1, -0.05) is 12.1 Å². The fraction of sp³-hybridized carbons (Fsp3) is 0.500. The number of para-hydroxylation sites is 1. The number of benzene rings is 1. The molecule has 1 amide bonds. The lowest BCUT2D eigenvalue weighted by molar-refractivity contribution is -0.119. The first kappa shape index (κ1) is 14.5. The molecule has 0 bridgehead atoms. The van der Waals surface area contributed by atoms with Gasteiger partial charge >= 0.3 is 0 Å². The van der Waals surface area contributed by atoms with Crippen molar-refractivity contribution in [2.75, 3.05) is 31.6 Å². The highest BCUT2D eigenvalue weighted by Crippen LogP contribution is 2.30. The Labute approximate surface area is 118 Å². The number of amides is 1. The van der Waals surface area contributed by atoms with Gasteiger partial charge in [0.2, 0.25) is 5.91 Å². The van der Waals surface area contributed by atoms with Crippen molar-refractivity contribution in [1.82, 2.24) is 4.90 Å². The SMILES string of the molecule is CN(CC(N)=O)C1CCN(c2ccccc2N=O)CC1. The van der Waals surface area contributed by atoms with E-state index >= 15 is 0 Å². The number of nitroso groups, excluding NO2 is 1. The molecule has 1 heterocycles. The topological polar surface area (TPSA) is 79.0 Å². The molecule has 0 aliphatic carbocycles. The van der Waals surface area contributed by atoms with E-state index in [9.17, 15) is 9.70 Å². The molecule has 0 atom stereocenters. The average molecular weight is 276 g/mol. The van der Waals surface area contributed by atoms with E-state index in [1.54, 1.807) is 6.07 Å². The minimum atomic E-state index is -0.301. The van der Waals surface area contributed by atoms with Crippen LogP contribution in [0.5, 0.6) is 0 Å². The first-order valence-corrected chi connectivity index (χ1v) is 6.77. The molecule has 108 valence electrons. The van der Waals surface area contributed by atoms with Gasteiger partial charge in [0.15, 0.2) is 0 Å². The molecule has 0 spiro atoms. The zero-order valence-corrected chi connectivity index (χ0v) is 11.7. The Morgan fingerprint density at radius 2 is 2.05 bits per heavy atom. The Balaban J connectivity index is 1.97. The molecule has 20 heavy (non-hydrogen) atoms. The maximum absolute atomic E-state index is 10.9. The van der Waals surface area contributed by atoms with Gasteiger partial charge < -0.3 is 10.6 Å². The molecule has 1 aromatic carbocycles. The van der Waals surface area contributed by atoms with Crippen LogP contribution in [0.4, 0.5) is 11.4 Å². The Kier molecular flexibility index (Phi) is 4.68. The number of likely N-dealkylation sites (N-methyl/N-ethyl adjacent to an activating group) is 1. The van der Waals surface area contributed by atoms with Crippen molar-refractivity contribution >= 4 is 17.3 Å². The van der Waals surface area contributed by atoms with Gasteiger partial charge in [-0.05, 0) is 37.2 Å². The quantitative estimate of drug-likeness (QED) is 0.826. The van der Waals surface area contributed by atoms with Crippen LogP contribution in [-0.2, 0) is 4.79 Å². The standard InChI is InChI=1S/C14H20N4O2/c1-17(10-14(15)19)11-6-8-18(9-7-11)13-5-3-2-4-12(13)16-20/h2-5,11H,6-10H2,1H3,(H2,15,19). The van der Waals surface area contributed by atoms with Crippen LogP contribution in [0, 0.1) is 4.91 Å². The number of primary amides is 1. The Bertz CT molecular complexity index is 484. The zero-order valence-electron chi connectivity index (χ0n) is 11.7. The predicted octanol–water partition coefficient (Wildman–Crippen LogP) is 1.47. The van der Waals surface area contributed by atoms with Crippen LogP contribution in [0.1, 0.15) is 12.8 Å². The molecule has 1 aliphatic rings. The van der Waals surface area contributed by atoms with Crippen molar-refractivity contribution < 1.29 is 4.79 Å². The van der Waals surface area contributed by atoms with Gasteiger partial charge in [0.05, 0.1) is 12.2 Å². The average Bonchev–Trinajstić information content (AvgIpc) is 2.46. The Hall–Kier alpha value is -1.95. The van der Waals surface area contributed by atoms with Crippen LogP contribution in [0.2, 0.25) is 0 Å². The third kappa shape index (κ3) is 3.33. The van der Waals surface area contributed by atoms with Gasteiger partial charge in [0.1, 0.15) is 5.69 Å². The monoisotopic (exact) mass is 276 g/mol. The van der Waals surface area contributed by atoms with Gasteiger partial charge in [0, 0.05) is 19.1 Å². The van der Waals surface area contributed by atoms with Crippen LogP contribution < -0.4 is 10.6 Å². The van der Waals surface area contributed by atoms with Crippen molar-refractivity contribution in [3.05, 3.63) is 29.2 Å². The molecule has 2 N–H and O–H groups in total. The highest BCUT2D eigenvalue weighted by molar-refractivity contribution is 5.75. The molecule has 0 unspecified atom stereocenters. The lowest BCUT2D eigenvalue weighted by Gasteiger charge is -2.37. The number of carbonyl (C=O) groups excluding carboxylic acids is 1. The Morgan fingerprint density at radius 1 is 1.40 bits per heavy atom. The number of anilines is 1. The number of nitrogens with zero attached hydrogens (tertiary/aromatic N) is 3. The summed E-state index contributed by atoms with van der Waals surface area (Å²) in [6, 6.07) is 7.73.